The van der Waals surface area contributed by atoms with E-state index < -0.39 is 5.91 Å². The molecule has 0 saturated carbocycles. The van der Waals surface area contributed by atoms with Crippen molar-refractivity contribution in [1.82, 2.24) is 0 Å². The Morgan fingerprint density at radius 3 is 2.64 bits per heavy atom. The molecule has 0 fully saturated rings. The molecule has 0 heterocycles. The zero-order valence-electron chi connectivity index (χ0n) is 5.78. The molecule has 1 N–H and O–H groups in total. The standard InChI is InChI=1S/C7H7NO3/c9-6-4-2-1-3-5(6)7(10)8-11/h3-4,9H,1-2H2. The van der Waals surface area contributed by atoms with Gasteiger partial charge in [-0.1, -0.05) is 6.08 Å². The van der Waals surface area contributed by atoms with E-state index in [1.54, 1.807) is 0 Å². The molecule has 0 saturated heterocycles. The van der Waals surface area contributed by atoms with Crippen molar-refractivity contribution < 1.29 is 9.90 Å². The molecule has 4 nitrogen and oxygen atoms in total. The second-order valence-electron chi connectivity index (χ2n) is 2.18. The summed E-state index contributed by atoms with van der Waals surface area (Å²) in [5, 5.41) is 11.2. The first-order valence-electron chi connectivity index (χ1n) is 3.23. The second kappa shape index (κ2) is 3.09. The fourth-order valence-corrected chi connectivity index (χ4v) is 0.908. The summed E-state index contributed by atoms with van der Waals surface area (Å²) in [6.45, 7) is 0. The van der Waals surface area contributed by atoms with E-state index in [0.717, 1.165) is 0 Å². The van der Waals surface area contributed by atoms with E-state index in [9.17, 15) is 9.70 Å². The summed E-state index contributed by atoms with van der Waals surface area (Å²) in [6.07, 6.45) is 4.37. The zero-order valence-corrected chi connectivity index (χ0v) is 5.78. The fourth-order valence-electron chi connectivity index (χ4n) is 0.908. The zero-order chi connectivity index (χ0) is 8.27. The van der Waals surface area contributed by atoms with E-state index in [4.69, 9.17) is 5.11 Å². The van der Waals surface area contributed by atoms with Crippen molar-refractivity contribution >= 4 is 5.91 Å². The smallest absolute Gasteiger partial charge is 0.320 e. The fraction of sp³-hybridized carbons (Fsp3) is 0.286. The molecule has 0 aromatic rings. The number of aliphatic hydroxyl groups excluding tert-OH is 1. The van der Waals surface area contributed by atoms with Crippen molar-refractivity contribution in [3.63, 3.8) is 0 Å². The van der Waals surface area contributed by atoms with Crippen molar-refractivity contribution in [3.05, 3.63) is 28.4 Å². The minimum atomic E-state index is -0.904. The second-order valence-corrected chi connectivity index (χ2v) is 2.18. The number of nitrogens with zero attached hydrogens (tertiary/aromatic N) is 1. The van der Waals surface area contributed by atoms with E-state index >= 15 is 0 Å². The lowest BCUT2D eigenvalue weighted by Gasteiger charge is -2.04. The van der Waals surface area contributed by atoms with Gasteiger partial charge in [-0.25, -0.2) is 0 Å². The molecule has 0 unspecified atom stereocenters. The molecule has 1 aliphatic carbocycles. The van der Waals surface area contributed by atoms with Crippen LogP contribution in [0.15, 0.2) is 28.7 Å². The molecule has 58 valence electrons. The number of nitroso groups, excluding NO2 is 1. The largest absolute Gasteiger partial charge is 0.507 e. The van der Waals surface area contributed by atoms with Gasteiger partial charge in [-0.3, -0.25) is 4.79 Å². The quantitative estimate of drug-likeness (QED) is 0.579. The molecule has 4 heteroatoms. The van der Waals surface area contributed by atoms with E-state index in [0.29, 0.717) is 12.8 Å². The molecule has 1 rings (SSSR count). The highest BCUT2D eigenvalue weighted by atomic mass is 16.3. The topological polar surface area (TPSA) is 66.7 Å². The van der Waals surface area contributed by atoms with E-state index in [2.05, 4.69) is 5.18 Å². The highest BCUT2D eigenvalue weighted by Gasteiger charge is 2.15. The summed E-state index contributed by atoms with van der Waals surface area (Å²) in [5.41, 5.74) is 0.0197. The first-order chi connectivity index (χ1) is 5.25. The van der Waals surface area contributed by atoms with Crippen LogP contribution in [-0.2, 0) is 4.79 Å². The van der Waals surface area contributed by atoms with Crippen molar-refractivity contribution in [3.8, 4) is 0 Å². The molecule has 1 amide bonds. The Labute approximate surface area is 63.2 Å². The molecule has 1 aliphatic rings. The third-order valence-corrected chi connectivity index (χ3v) is 1.44. The number of carbonyl (C=O) groups excluding carboxylic acids is 1. The van der Waals surface area contributed by atoms with Crippen molar-refractivity contribution in [2.45, 2.75) is 12.8 Å². The van der Waals surface area contributed by atoms with E-state index in [-0.39, 0.29) is 11.3 Å². The molecular formula is C7H7NO3. The van der Waals surface area contributed by atoms with Gasteiger partial charge in [-0.05, 0) is 18.9 Å². The lowest BCUT2D eigenvalue weighted by molar-refractivity contribution is -0.114. The molecule has 0 spiro atoms. The lowest BCUT2D eigenvalue weighted by Crippen LogP contribution is -2.03. The summed E-state index contributed by atoms with van der Waals surface area (Å²) < 4.78 is 0. The summed E-state index contributed by atoms with van der Waals surface area (Å²) in [5.74, 6) is -1.04. The third kappa shape index (κ3) is 1.52. The van der Waals surface area contributed by atoms with Crippen LogP contribution in [0.3, 0.4) is 0 Å². The summed E-state index contributed by atoms with van der Waals surface area (Å²) in [7, 11) is 0. The molecule has 0 aliphatic heterocycles. The van der Waals surface area contributed by atoms with Gasteiger partial charge >= 0.3 is 5.91 Å². The van der Waals surface area contributed by atoms with Gasteiger partial charge in [0.05, 0.1) is 5.57 Å². The molecule has 11 heavy (non-hydrogen) atoms. The van der Waals surface area contributed by atoms with E-state index in [1.807, 2.05) is 0 Å². The first kappa shape index (κ1) is 7.65. The van der Waals surface area contributed by atoms with Crippen LogP contribution < -0.4 is 0 Å². The van der Waals surface area contributed by atoms with Gasteiger partial charge in [-0.2, -0.15) is 0 Å². The molecule has 0 aromatic carbocycles. The van der Waals surface area contributed by atoms with Gasteiger partial charge in [-0.15, -0.1) is 4.91 Å². The minimum absolute atomic E-state index is 0.0197. The van der Waals surface area contributed by atoms with Gasteiger partial charge in [0.2, 0.25) is 0 Å². The van der Waals surface area contributed by atoms with Crippen LogP contribution in [0, 0.1) is 4.91 Å². The molecule has 0 bridgehead atoms. The summed E-state index contributed by atoms with van der Waals surface area (Å²) >= 11 is 0. The SMILES string of the molecule is O=NC(=O)C1=CCCC=C1O. The number of hydrogen-bond donors (Lipinski definition) is 1. The van der Waals surface area contributed by atoms with Crippen LogP contribution in [0.1, 0.15) is 12.8 Å². The van der Waals surface area contributed by atoms with Gasteiger partial charge in [0.1, 0.15) is 5.76 Å². The Balaban J connectivity index is 2.86. The normalized spacial score (nSPS) is 16.7. The van der Waals surface area contributed by atoms with Crippen LogP contribution in [0.5, 0.6) is 0 Å². The lowest BCUT2D eigenvalue weighted by atomic mass is 10.1. The maximum atomic E-state index is 10.6. The monoisotopic (exact) mass is 153 g/mol. The van der Waals surface area contributed by atoms with Gasteiger partial charge in [0, 0.05) is 5.18 Å². The van der Waals surface area contributed by atoms with Crippen LogP contribution >= 0.6 is 0 Å². The number of hydrogen-bond acceptors (Lipinski definition) is 3. The summed E-state index contributed by atoms with van der Waals surface area (Å²) in [4.78, 5) is 20.4. The Morgan fingerprint density at radius 2 is 2.09 bits per heavy atom. The first-order valence-corrected chi connectivity index (χ1v) is 3.23. The van der Waals surface area contributed by atoms with Crippen LogP contribution in [0.2, 0.25) is 0 Å². The van der Waals surface area contributed by atoms with E-state index in [1.165, 1.54) is 12.2 Å². The Hall–Kier alpha value is -1.45. The highest BCUT2D eigenvalue weighted by Crippen LogP contribution is 2.16. The molecular weight excluding hydrogens is 146 g/mol. The minimum Gasteiger partial charge on any atom is -0.507 e. The van der Waals surface area contributed by atoms with Crippen molar-refractivity contribution in [2.24, 2.45) is 5.18 Å². The average Bonchev–Trinajstić information content (AvgIpc) is 2.04. The average molecular weight is 153 g/mol. The molecule has 0 aromatic heterocycles. The van der Waals surface area contributed by atoms with Crippen LogP contribution in [-0.4, -0.2) is 11.0 Å². The maximum Gasteiger partial charge on any atom is 0.320 e. The van der Waals surface area contributed by atoms with Crippen LogP contribution in [0.4, 0.5) is 0 Å². The Morgan fingerprint density at radius 1 is 1.45 bits per heavy atom. The number of rotatable bonds is 1. The maximum absolute atomic E-state index is 10.6. The predicted octanol–water partition coefficient (Wildman–Crippen LogP) is 1.44. The van der Waals surface area contributed by atoms with Crippen molar-refractivity contribution in [1.29, 1.82) is 0 Å². The number of amides is 1. The number of aliphatic hydroxyl groups is 1. The molecule has 0 atom stereocenters. The Bertz CT molecular complexity index is 248. The van der Waals surface area contributed by atoms with Crippen LogP contribution in [0.25, 0.3) is 0 Å². The van der Waals surface area contributed by atoms with Gasteiger partial charge < -0.3 is 5.11 Å². The highest BCUT2D eigenvalue weighted by molar-refractivity contribution is 5.97. The summed E-state index contributed by atoms with van der Waals surface area (Å²) in [6, 6.07) is 0. The number of allylic oxidation sites excluding steroid dienone is 2. The Kier molecular flexibility index (Phi) is 2.15. The third-order valence-electron chi connectivity index (χ3n) is 1.44. The molecule has 0 radical (unpaired) electrons. The van der Waals surface area contributed by atoms with Gasteiger partial charge in [0.25, 0.3) is 0 Å². The van der Waals surface area contributed by atoms with Crippen molar-refractivity contribution in [2.75, 3.05) is 0 Å². The number of carbonyl (C=O) groups is 1. The van der Waals surface area contributed by atoms with Gasteiger partial charge in [0.15, 0.2) is 0 Å². The predicted molar refractivity (Wildman–Crippen MR) is 38.8 cm³/mol.